The number of ketones is 1. The van der Waals surface area contributed by atoms with Crippen LogP contribution in [0.25, 0.3) is 0 Å². The van der Waals surface area contributed by atoms with Gasteiger partial charge in [-0.3, -0.25) is 9.79 Å². The molecule has 1 saturated carbocycles. The van der Waals surface area contributed by atoms with Gasteiger partial charge in [-0.25, -0.2) is 0 Å². The van der Waals surface area contributed by atoms with Crippen LogP contribution >= 0.6 is 0 Å². The summed E-state index contributed by atoms with van der Waals surface area (Å²) in [6, 6.07) is 19.9. The lowest BCUT2D eigenvalue weighted by molar-refractivity contribution is -0.119. The molecule has 1 fully saturated rings. The van der Waals surface area contributed by atoms with Crippen LogP contribution in [0.4, 0.5) is 0 Å². The van der Waals surface area contributed by atoms with E-state index in [-0.39, 0.29) is 0 Å². The number of aliphatic imine (C=N–C) groups is 1. The fraction of sp³-hybridized carbons (Fsp3) is 0.535. The SMILES string of the molecule is CC1=C2CCCCC=C2C(CC2CCCCCC(c3cccc(CCCC(=O)CCCc4ccccc4)c3)CCC2)=N/C=C/C1. The minimum Gasteiger partial charge on any atom is -0.300 e. The summed E-state index contributed by atoms with van der Waals surface area (Å²) in [7, 11) is 0. The highest BCUT2D eigenvalue weighted by molar-refractivity contribution is 6.04. The van der Waals surface area contributed by atoms with Crippen LogP contribution in [-0.4, -0.2) is 11.5 Å². The highest BCUT2D eigenvalue weighted by Crippen LogP contribution is 2.36. The van der Waals surface area contributed by atoms with Crippen molar-refractivity contribution in [3.63, 3.8) is 0 Å². The van der Waals surface area contributed by atoms with Crippen LogP contribution in [0.5, 0.6) is 0 Å². The van der Waals surface area contributed by atoms with Crippen molar-refractivity contribution in [2.24, 2.45) is 10.9 Å². The molecule has 2 heteroatoms. The van der Waals surface area contributed by atoms with E-state index in [2.05, 4.69) is 79.9 Å². The number of hydrogen-bond donors (Lipinski definition) is 0. The Labute approximate surface area is 274 Å². The Morgan fingerprint density at radius 2 is 1.56 bits per heavy atom. The Bertz CT molecular complexity index is 1340. The molecule has 3 aliphatic rings. The van der Waals surface area contributed by atoms with Gasteiger partial charge in [0.05, 0.1) is 0 Å². The Balaban J connectivity index is 1.12. The smallest absolute Gasteiger partial charge is 0.132 e. The number of fused-ring (bicyclic) bond motifs is 1. The third-order valence-electron chi connectivity index (χ3n) is 10.6. The van der Waals surface area contributed by atoms with Crippen LogP contribution in [0.1, 0.15) is 145 Å². The van der Waals surface area contributed by atoms with E-state index in [1.165, 1.54) is 105 Å². The van der Waals surface area contributed by atoms with Crippen molar-refractivity contribution < 1.29 is 4.79 Å². The van der Waals surface area contributed by atoms with E-state index in [9.17, 15) is 4.79 Å². The second kappa shape index (κ2) is 18.2. The van der Waals surface area contributed by atoms with E-state index in [0.717, 1.165) is 44.4 Å². The van der Waals surface area contributed by atoms with Crippen LogP contribution in [-0.2, 0) is 17.6 Å². The first-order valence-electron chi connectivity index (χ1n) is 18.4. The first-order valence-corrected chi connectivity index (χ1v) is 18.4. The van der Waals surface area contributed by atoms with Crippen molar-refractivity contribution in [2.45, 2.75) is 141 Å². The molecular formula is C43H57NO. The summed E-state index contributed by atoms with van der Waals surface area (Å²) in [5.74, 6) is 1.81. The van der Waals surface area contributed by atoms with Crippen molar-refractivity contribution in [2.75, 3.05) is 0 Å². The van der Waals surface area contributed by atoms with Gasteiger partial charge in [-0.2, -0.15) is 0 Å². The minimum atomic E-state index is 0.420. The fourth-order valence-corrected chi connectivity index (χ4v) is 7.92. The lowest BCUT2D eigenvalue weighted by Gasteiger charge is -2.25. The number of hydrogen-bond acceptors (Lipinski definition) is 2. The molecular weight excluding hydrogens is 546 g/mol. The molecule has 0 saturated heterocycles. The molecule has 0 aromatic heterocycles. The summed E-state index contributed by atoms with van der Waals surface area (Å²) in [5, 5.41) is 0. The Kier molecular flexibility index (Phi) is 13.5. The van der Waals surface area contributed by atoms with Crippen LogP contribution < -0.4 is 0 Å². The van der Waals surface area contributed by atoms with E-state index in [4.69, 9.17) is 4.99 Å². The van der Waals surface area contributed by atoms with Crippen molar-refractivity contribution in [1.82, 2.24) is 0 Å². The van der Waals surface area contributed by atoms with Gasteiger partial charge in [-0.15, -0.1) is 0 Å². The monoisotopic (exact) mass is 603 g/mol. The molecule has 45 heavy (non-hydrogen) atoms. The van der Waals surface area contributed by atoms with Gasteiger partial charge in [-0.1, -0.05) is 111 Å². The maximum absolute atomic E-state index is 12.5. The summed E-state index contributed by atoms with van der Waals surface area (Å²) in [5.41, 5.74) is 10.3. The van der Waals surface area contributed by atoms with Gasteiger partial charge < -0.3 is 0 Å². The molecule has 2 atom stereocenters. The van der Waals surface area contributed by atoms with Gasteiger partial charge >= 0.3 is 0 Å². The van der Waals surface area contributed by atoms with Gasteiger partial charge in [0, 0.05) is 24.8 Å². The molecule has 1 aliphatic heterocycles. The quantitative estimate of drug-likeness (QED) is 0.251. The van der Waals surface area contributed by atoms with Crippen LogP contribution in [0.15, 0.2) is 94.7 Å². The van der Waals surface area contributed by atoms with Gasteiger partial charge in [0.15, 0.2) is 0 Å². The molecule has 0 N–H and O–H groups in total. The third-order valence-corrected chi connectivity index (χ3v) is 10.6. The molecule has 5 rings (SSSR count). The highest BCUT2D eigenvalue weighted by Gasteiger charge is 2.22. The second-order valence-corrected chi connectivity index (χ2v) is 14.1. The number of benzene rings is 2. The first kappa shape index (κ1) is 33.4. The van der Waals surface area contributed by atoms with Crippen LogP contribution in [0, 0.1) is 5.92 Å². The molecule has 240 valence electrons. The van der Waals surface area contributed by atoms with Crippen molar-refractivity contribution in [1.29, 1.82) is 0 Å². The minimum absolute atomic E-state index is 0.420. The number of aryl methyl sites for hydroxylation is 2. The lowest BCUT2D eigenvalue weighted by Crippen LogP contribution is -2.15. The molecule has 0 spiro atoms. The zero-order valence-electron chi connectivity index (χ0n) is 28.1. The number of carbonyl (C=O) groups excluding carboxylic acids is 1. The molecule has 0 bridgehead atoms. The third kappa shape index (κ3) is 10.8. The predicted molar refractivity (Wildman–Crippen MR) is 192 cm³/mol. The molecule has 2 aromatic rings. The molecule has 2 aromatic carbocycles. The maximum atomic E-state index is 12.5. The van der Waals surface area contributed by atoms with Crippen molar-refractivity contribution >= 4 is 11.5 Å². The van der Waals surface area contributed by atoms with E-state index in [0.29, 0.717) is 24.5 Å². The molecule has 0 radical (unpaired) electrons. The largest absolute Gasteiger partial charge is 0.300 e. The Morgan fingerprint density at radius 3 is 2.42 bits per heavy atom. The average molecular weight is 604 g/mol. The number of rotatable bonds is 11. The normalized spacial score (nSPS) is 22.2. The maximum Gasteiger partial charge on any atom is 0.132 e. The standard InChI is InChI=1S/C43H57NO/c1-34-16-15-31-44-43(42-30-10-4-9-29-41(34)42)33-37-19-7-3-8-24-38(25-11-22-37)39-26-12-21-36(32-39)23-14-28-40(45)27-13-20-35-17-5-2-6-18-35/h2,5-6,12,15,17-18,21,26,30-32,37-38H,3-4,7-11,13-14,16,19-20,22-25,27-29,33H2,1H3/b31-15+,41-34?,44-43?. The summed E-state index contributed by atoms with van der Waals surface area (Å²) in [6.45, 7) is 2.34. The summed E-state index contributed by atoms with van der Waals surface area (Å²) in [4.78, 5) is 17.6. The number of carbonyl (C=O) groups is 1. The molecule has 2 aliphatic carbocycles. The zero-order chi connectivity index (χ0) is 31.1. The Hall–Kier alpha value is -3.00. The predicted octanol–water partition coefficient (Wildman–Crippen LogP) is 12.0. The fourth-order valence-electron chi connectivity index (χ4n) is 7.92. The van der Waals surface area contributed by atoms with E-state index in [1.54, 1.807) is 11.1 Å². The highest BCUT2D eigenvalue weighted by atomic mass is 16.1. The number of Topliss-reactive ketones (excluding diaryl/α,β-unsaturated/α-hetero) is 1. The lowest BCUT2D eigenvalue weighted by atomic mass is 9.81. The Morgan fingerprint density at radius 1 is 0.800 bits per heavy atom. The summed E-state index contributed by atoms with van der Waals surface area (Å²) < 4.78 is 0. The molecule has 2 unspecified atom stereocenters. The van der Waals surface area contributed by atoms with Gasteiger partial charge in [0.2, 0.25) is 0 Å². The molecule has 2 nitrogen and oxygen atoms in total. The van der Waals surface area contributed by atoms with E-state index in [1.807, 2.05) is 0 Å². The summed E-state index contributed by atoms with van der Waals surface area (Å²) >= 11 is 0. The van der Waals surface area contributed by atoms with Crippen molar-refractivity contribution in [3.05, 3.63) is 106 Å². The van der Waals surface area contributed by atoms with E-state index < -0.39 is 0 Å². The topological polar surface area (TPSA) is 29.4 Å². The first-order chi connectivity index (χ1) is 22.2. The van der Waals surface area contributed by atoms with Gasteiger partial charge in [0.25, 0.3) is 0 Å². The van der Waals surface area contributed by atoms with Gasteiger partial charge in [0.1, 0.15) is 5.78 Å². The number of nitrogens with zero attached hydrogens (tertiary/aromatic N) is 1. The molecule has 1 heterocycles. The molecule has 0 amide bonds. The van der Waals surface area contributed by atoms with Gasteiger partial charge in [-0.05, 0) is 124 Å². The van der Waals surface area contributed by atoms with Crippen molar-refractivity contribution in [3.8, 4) is 0 Å². The van der Waals surface area contributed by atoms with Crippen LogP contribution in [0.2, 0.25) is 0 Å². The zero-order valence-corrected chi connectivity index (χ0v) is 28.1. The van der Waals surface area contributed by atoms with Crippen LogP contribution in [0.3, 0.4) is 0 Å². The number of allylic oxidation sites excluding steroid dienone is 5. The summed E-state index contributed by atoms with van der Waals surface area (Å²) in [6.07, 6.45) is 30.0. The average Bonchev–Trinajstić information content (AvgIpc) is 3.31. The second-order valence-electron chi connectivity index (χ2n) is 14.1. The van der Waals surface area contributed by atoms with E-state index >= 15 is 0 Å².